The van der Waals surface area contributed by atoms with Crippen molar-refractivity contribution in [3.8, 4) is 0 Å². The summed E-state index contributed by atoms with van der Waals surface area (Å²) in [6.07, 6.45) is 7.68. The van der Waals surface area contributed by atoms with Crippen LogP contribution in [0.25, 0.3) is 0 Å². The molecule has 1 aliphatic carbocycles. The van der Waals surface area contributed by atoms with Crippen LogP contribution in [0.2, 0.25) is 0 Å². The third kappa shape index (κ3) is 1.44. The molecule has 1 aliphatic heterocycles. The first-order chi connectivity index (χ1) is 6.66. The molecule has 0 aromatic carbocycles. The Morgan fingerprint density at radius 3 is 2.43 bits per heavy atom. The largest absolute Gasteiger partial charge is 0.368 e. The number of primary amides is 1. The molecule has 1 saturated heterocycles. The van der Waals surface area contributed by atoms with Gasteiger partial charge in [-0.2, -0.15) is 0 Å². The fourth-order valence-electron chi connectivity index (χ4n) is 3.29. The number of rotatable bonds is 2. The molecule has 0 radical (unpaired) electrons. The molecule has 2 N–H and O–H groups in total. The van der Waals surface area contributed by atoms with E-state index in [1.165, 1.54) is 38.5 Å². The van der Waals surface area contributed by atoms with Crippen molar-refractivity contribution in [1.29, 1.82) is 0 Å². The summed E-state index contributed by atoms with van der Waals surface area (Å²) in [5.41, 5.74) is 5.73. The third-order valence-electron chi connectivity index (χ3n) is 4.06. The molecule has 0 bridgehead atoms. The number of hydrogen-bond acceptors (Lipinski definition) is 2. The van der Waals surface area contributed by atoms with E-state index >= 15 is 0 Å². The van der Waals surface area contributed by atoms with Gasteiger partial charge in [-0.3, -0.25) is 9.69 Å². The van der Waals surface area contributed by atoms with Crippen molar-refractivity contribution in [2.45, 2.75) is 57.0 Å². The lowest BCUT2D eigenvalue weighted by Gasteiger charge is -2.38. The third-order valence-corrected chi connectivity index (χ3v) is 4.06. The van der Waals surface area contributed by atoms with Crippen molar-refractivity contribution in [3.05, 3.63) is 0 Å². The number of nitrogens with two attached hydrogens (primary N) is 1. The highest BCUT2D eigenvalue weighted by molar-refractivity contribution is 5.79. The van der Waals surface area contributed by atoms with Gasteiger partial charge in [-0.15, -0.1) is 0 Å². The summed E-state index contributed by atoms with van der Waals surface area (Å²) in [4.78, 5) is 13.6. The van der Waals surface area contributed by atoms with E-state index in [-0.39, 0.29) is 11.9 Å². The monoisotopic (exact) mass is 196 g/mol. The summed E-state index contributed by atoms with van der Waals surface area (Å²) in [6, 6.07) is -0.0735. The fraction of sp³-hybridized carbons (Fsp3) is 0.909. The highest BCUT2D eigenvalue weighted by atomic mass is 16.1. The molecule has 1 saturated carbocycles. The predicted molar refractivity (Wildman–Crippen MR) is 55.8 cm³/mol. The predicted octanol–water partition coefficient (Wildman–Crippen LogP) is 1.27. The van der Waals surface area contributed by atoms with E-state index in [1.807, 2.05) is 6.92 Å². The molecule has 3 heteroatoms. The Hall–Kier alpha value is -0.570. The van der Waals surface area contributed by atoms with E-state index in [2.05, 4.69) is 4.90 Å². The summed E-state index contributed by atoms with van der Waals surface area (Å²) in [7, 11) is 0. The molecule has 0 aromatic rings. The fourth-order valence-corrected chi connectivity index (χ4v) is 3.29. The second-order valence-electron chi connectivity index (χ2n) is 4.81. The summed E-state index contributed by atoms with van der Waals surface area (Å²) in [5.74, 6) is -0.168. The normalized spacial score (nSPS) is 28.4. The molecule has 1 spiro atoms. The van der Waals surface area contributed by atoms with Crippen molar-refractivity contribution in [1.82, 2.24) is 4.90 Å². The summed E-state index contributed by atoms with van der Waals surface area (Å²) in [5, 5.41) is 0. The standard InChI is InChI=1S/C11H20N2O/c1-9(10(12)14)13-8-4-7-11(13)5-2-3-6-11/h9H,2-8H2,1H3,(H2,12,14). The van der Waals surface area contributed by atoms with Gasteiger partial charge in [0.05, 0.1) is 6.04 Å². The maximum atomic E-state index is 11.2. The van der Waals surface area contributed by atoms with Gasteiger partial charge in [-0.1, -0.05) is 12.8 Å². The van der Waals surface area contributed by atoms with Gasteiger partial charge in [0.1, 0.15) is 0 Å². The minimum Gasteiger partial charge on any atom is -0.368 e. The van der Waals surface area contributed by atoms with Gasteiger partial charge in [-0.05, 0) is 39.2 Å². The van der Waals surface area contributed by atoms with Crippen molar-refractivity contribution < 1.29 is 4.79 Å². The quantitative estimate of drug-likeness (QED) is 0.723. The van der Waals surface area contributed by atoms with Crippen molar-refractivity contribution in [3.63, 3.8) is 0 Å². The molecule has 2 rings (SSSR count). The van der Waals surface area contributed by atoms with Crippen LogP contribution in [0.4, 0.5) is 0 Å². The maximum absolute atomic E-state index is 11.2. The molecule has 1 unspecified atom stereocenters. The molecule has 2 aliphatic rings. The number of nitrogens with zero attached hydrogens (tertiary/aromatic N) is 1. The van der Waals surface area contributed by atoms with Crippen LogP contribution in [0.1, 0.15) is 45.4 Å². The van der Waals surface area contributed by atoms with E-state index in [0.29, 0.717) is 5.54 Å². The van der Waals surface area contributed by atoms with Crippen LogP contribution >= 0.6 is 0 Å². The lowest BCUT2D eigenvalue weighted by atomic mass is 9.93. The summed E-state index contributed by atoms with van der Waals surface area (Å²) in [6.45, 7) is 3.01. The summed E-state index contributed by atoms with van der Waals surface area (Å²) < 4.78 is 0. The first kappa shape index (κ1) is 9.97. The van der Waals surface area contributed by atoms with Crippen molar-refractivity contribution >= 4 is 5.91 Å². The highest BCUT2D eigenvalue weighted by Crippen LogP contribution is 2.43. The number of carbonyl (C=O) groups excluding carboxylic acids is 1. The molecule has 14 heavy (non-hydrogen) atoms. The molecular formula is C11H20N2O. The molecule has 2 fully saturated rings. The topological polar surface area (TPSA) is 46.3 Å². The van der Waals surface area contributed by atoms with E-state index in [1.54, 1.807) is 0 Å². The van der Waals surface area contributed by atoms with E-state index in [4.69, 9.17) is 5.73 Å². The zero-order valence-electron chi connectivity index (χ0n) is 8.96. The Morgan fingerprint density at radius 2 is 1.86 bits per heavy atom. The zero-order valence-corrected chi connectivity index (χ0v) is 8.96. The highest BCUT2D eigenvalue weighted by Gasteiger charge is 2.45. The number of likely N-dealkylation sites (tertiary alicyclic amines) is 1. The molecule has 1 heterocycles. The second kappa shape index (κ2) is 3.54. The van der Waals surface area contributed by atoms with Gasteiger partial charge in [0.2, 0.25) is 5.91 Å². The molecule has 3 nitrogen and oxygen atoms in total. The average molecular weight is 196 g/mol. The number of carbonyl (C=O) groups is 1. The van der Waals surface area contributed by atoms with Gasteiger partial charge in [-0.25, -0.2) is 0 Å². The van der Waals surface area contributed by atoms with Gasteiger partial charge in [0.25, 0.3) is 0 Å². The Labute approximate surface area is 85.6 Å². The molecular weight excluding hydrogens is 176 g/mol. The zero-order chi connectivity index (χ0) is 10.2. The van der Waals surface area contributed by atoms with Crippen LogP contribution in [0.5, 0.6) is 0 Å². The van der Waals surface area contributed by atoms with Crippen LogP contribution < -0.4 is 5.73 Å². The molecule has 1 atom stereocenters. The minimum atomic E-state index is -0.168. The Kier molecular flexibility index (Phi) is 2.52. The van der Waals surface area contributed by atoms with Gasteiger partial charge >= 0.3 is 0 Å². The molecule has 0 aromatic heterocycles. The minimum absolute atomic E-state index is 0.0735. The maximum Gasteiger partial charge on any atom is 0.234 e. The van der Waals surface area contributed by atoms with E-state index < -0.39 is 0 Å². The lowest BCUT2D eigenvalue weighted by Crippen LogP contribution is -2.51. The van der Waals surface area contributed by atoms with Gasteiger partial charge in [0, 0.05) is 5.54 Å². The van der Waals surface area contributed by atoms with Gasteiger partial charge in [0.15, 0.2) is 0 Å². The van der Waals surface area contributed by atoms with E-state index in [0.717, 1.165) is 6.54 Å². The van der Waals surface area contributed by atoms with Crippen LogP contribution in [0.15, 0.2) is 0 Å². The van der Waals surface area contributed by atoms with Crippen molar-refractivity contribution in [2.24, 2.45) is 5.73 Å². The smallest absolute Gasteiger partial charge is 0.234 e. The first-order valence-corrected chi connectivity index (χ1v) is 5.72. The van der Waals surface area contributed by atoms with Gasteiger partial charge < -0.3 is 5.73 Å². The Morgan fingerprint density at radius 1 is 1.29 bits per heavy atom. The van der Waals surface area contributed by atoms with Crippen LogP contribution in [0, 0.1) is 0 Å². The SMILES string of the molecule is CC(C(N)=O)N1CCCC12CCCC2. The summed E-state index contributed by atoms with van der Waals surface area (Å²) >= 11 is 0. The Balaban J connectivity index is 2.13. The number of amides is 1. The average Bonchev–Trinajstić information content (AvgIpc) is 2.76. The van der Waals surface area contributed by atoms with E-state index in [9.17, 15) is 4.79 Å². The van der Waals surface area contributed by atoms with Crippen molar-refractivity contribution in [2.75, 3.05) is 6.54 Å². The Bertz CT molecular complexity index is 228. The number of hydrogen-bond donors (Lipinski definition) is 1. The second-order valence-corrected chi connectivity index (χ2v) is 4.81. The van der Waals surface area contributed by atoms with Crippen LogP contribution in [0.3, 0.4) is 0 Å². The molecule has 1 amide bonds. The van der Waals surface area contributed by atoms with Crippen LogP contribution in [-0.4, -0.2) is 28.9 Å². The molecule has 80 valence electrons. The van der Waals surface area contributed by atoms with Crippen LogP contribution in [-0.2, 0) is 4.79 Å². The first-order valence-electron chi connectivity index (χ1n) is 5.72. The lowest BCUT2D eigenvalue weighted by molar-refractivity contribution is -0.124.